The van der Waals surface area contributed by atoms with E-state index in [2.05, 4.69) is 43.6 Å². The summed E-state index contributed by atoms with van der Waals surface area (Å²) in [7, 11) is 0. The van der Waals surface area contributed by atoms with E-state index >= 15 is 0 Å². The number of hydrogen-bond donors (Lipinski definition) is 2. The lowest BCUT2D eigenvalue weighted by Crippen LogP contribution is -2.26. The Morgan fingerprint density at radius 2 is 1.44 bits per heavy atom. The summed E-state index contributed by atoms with van der Waals surface area (Å²) in [6.45, 7) is 6.18. The van der Waals surface area contributed by atoms with Crippen molar-refractivity contribution in [3.8, 4) is 0 Å². The highest BCUT2D eigenvalue weighted by Gasteiger charge is 2.08. The first-order valence-corrected chi connectivity index (χ1v) is 6.30. The number of benzene rings is 1. The van der Waals surface area contributed by atoms with Crippen LogP contribution in [0.4, 0.5) is 0 Å². The van der Waals surface area contributed by atoms with Crippen LogP contribution < -0.4 is 10.6 Å². The molecule has 2 rings (SSSR count). The number of hydrogen-bond acceptors (Lipinski definition) is 2. The zero-order chi connectivity index (χ0) is 13.1. The van der Waals surface area contributed by atoms with Gasteiger partial charge in [0.25, 0.3) is 0 Å². The topological polar surface area (TPSA) is 24.1 Å². The molecule has 0 atom stereocenters. The van der Waals surface area contributed by atoms with Crippen LogP contribution in [0.1, 0.15) is 26.3 Å². The van der Waals surface area contributed by atoms with Crippen LogP contribution in [-0.4, -0.2) is 0 Å². The molecule has 0 spiro atoms. The minimum atomic E-state index is 0.759. The summed E-state index contributed by atoms with van der Waals surface area (Å²) in [6, 6.07) is 7.78. The Bertz CT molecular complexity index is 536. The minimum Gasteiger partial charge on any atom is -0.360 e. The van der Waals surface area contributed by atoms with E-state index in [-0.39, 0.29) is 0 Å². The van der Waals surface area contributed by atoms with Gasteiger partial charge < -0.3 is 10.6 Å². The molecule has 2 N–H and O–H groups in total. The average Bonchev–Trinajstić information content (AvgIpc) is 2.34. The van der Waals surface area contributed by atoms with E-state index < -0.39 is 0 Å². The number of allylic oxidation sites excluding steroid dienone is 4. The molecule has 1 aromatic rings. The molecule has 1 aromatic carbocycles. The van der Waals surface area contributed by atoms with Crippen LogP contribution in [0, 0.1) is 0 Å². The van der Waals surface area contributed by atoms with Crippen LogP contribution in [-0.2, 0) is 0 Å². The van der Waals surface area contributed by atoms with Crippen LogP contribution in [0.25, 0.3) is 6.08 Å². The van der Waals surface area contributed by atoms with Gasteiger partial charge in [-0.25, -0.2) is 0 Å². The molecule has 0 bridgehead atoms. The maximum atomic E-state index is 5.86. The summed E-state index contributed by atoms with van der Waals surface area (Å²) in [5.74, 6) is 0. The fourth-order valence-corrected chi connectivity index (χ4v) is 1.88. The molecule has 18 heavy (non-hydrogen) atoms. The van der Waals surface area contributed by atoms with Crippen molar-refractivity contribution in [2.24, 2.45) is 0 Å². The highest BCUT2D eigenvalue weighted by atomic mass is 35.5. The highest BCUT2D eigenvalue weighted by Crippen LogP contribution is 2.15. The SMILES string of the molecule is CC1=C(C)NC(/C=C/c2ccc(Cl)cc2)=C(C)N1. The number of halogens is 1. The Kier molecular flexibility index (Phi) is 3.78. The Hall–Kier alpha value is -1.67. The van der Waals surface area contributed by atoms with Gasteiger partial charge in [0.2, 0.25) is 0 Å². The smallest absolute Gasteiger partial charge is 0.0575 e. The quantitative estimate of drug-likeness (QED) is 0.839. The highest BCUT2D eigenvalue weighted by molar-refractivity contribution is 6.30. The second kappa shape index (κ2) is 5.32. The van der Waals surface area contributed by atoms with E-state index in [4.69, 9.17) is 11.6 Å². The van der Waals surface area contributed by atoms with Gasteiger partial charge in [0.05, 0.1) is 5.70 Å². The summed E-state index contributed by atoms with van der Waals surface area (Å²) in [4.78, 5) is 0. The van der Waals surface area contributed by atoms with Gasteiger partial charge in [-0.3, -0.25) is 0 Å². The summed E-state index contributed by atoms with van der Waals surface area (Å²) < 4.78 is 0. The van der Waals surface area contributed by atoms with Crippen molar-refractivity contribution in [2.45, 2.75) is 20.8 Å². The van der Waals surface area contributed by atoms with Crippen molar-refractivity contribution < 1.29 is 0 Å². The van der Waals surface area contributed by atoms with E-state index in [0.717, 1.165) is 33.4 Å². The minimum absolute atomic E-state index is 0.759. The van der Waals surface area contributed by atoms with Crippen LogP contribution in [0.3, 0.4) is 0 Å². The molecule has 0 saturated carbocycles. The predicted molar refractivity (Wildman–Crippen MR) is 77.8 cm³/mol. The number of rotatable bonds is 2. The second-order valence-corrected chi connectivity index (χ2v) is 4.86. The van der Waals surface area contributed by atoms with Crippen molar-refractivity contribution in [1.82, 2.24) is 10.6 Å². The third-order valence-corrected chi connectivity index (χ3v) is 3.23. The van der Waals surface area contributed by atoms with Crippen LogP contribution in [0.5, 0.6) is 0 Å². The zero-order valence-corrected chi connectivity index (χ0v) is 11.6. The summed E-state index contributed by atoms with van der Waals surface area (Å²) >= 11 is 5.86. The standard InChI is InChI=1S/C15H17ClN2/c1-10-11(2)18-15(12(3)17-10)9-6-13-4-7-14(16)8-5-13/h4-9,17-18H,1-3H3/b9-6+. The molecule has 3 heteroatoms. The fourth-order valence-electron chi connectivity index (χ4n) is 1.75. The van der Waals surface area contributed by atoms with E-state index in [9.17, 15) is 0 Å². The molecule has 0 amide bonds. The monoisotopic (exact) mass is 260 g/mol. The molecular formula is C15H17ClN2. The van der Waals surface area contributed by atoms with E-state index in [1.54, 1.807) is 0 Å². The zero-order valence-electron chi connectivity index (χ0n) is 10.8. The molecule has 0 aromatic heterocycles. The van der Waals surface area contributed by atoms with Gasteiger partial charge in [0.15, 0.2) is 0 Å². The van der Waals surface area contributed by atoms with Crippen molar-refractivity contribution in [3.05, 3.63) is 63.7 Å². The van der Waals surface area contributed by atoms with Crippen LogP contribution in [0.2, 0.25) is 5.02 Å². The third kappa shape index (κ3) is 2.96. The third-order valence-electron chi connectivity index (χ3n) is 2.98. The molecule has 0 unspecified atom stereocenters. The van der Waals surface area contributed by atoms with Gasteiger partial charge >= 0.3 is 0 Å². The van der Waals surface area contributed by atoms with Gasteiger partial charge in [-0.1, -0.05) is 29.8 Å². The van der Waals surface area contributed by atoms with Gasteiger partial charge in [-0.05, 0) is 44.5 Å². The van der Waals surface area contributed by atoms with Gasteiger partial charge in [-0.15, -0.1) is 0 Å². The summed E-state index contributed by atoms with van der Waals surface area (Å²) in [6.07, 6.45) is 4.14. The van der Waals surface area contributed by atoms with Crippen molar-refractivity contribution >= 4 is 17.7 Å². The van der Waals surface area contributed by atoms with E-state index in [1.807, 2.05) is 24.3 Å². The summed E-state index contributed by atoms with van der Waals surface area (Å²) in [5.41, 5.74) is 5.66. The van der Waals surface area contributed by atoms with Gasteiger partial charge in [0.1, 0.15) is 0 Å². The van der Waals surface area contributed by atoms with Crippen molar-refractivity contribution in [1.29, 1.82) is 0 Å². The van der Waals surface area contributed by atoms with Crippen LogP contribution >= 0.6 is 11.6 Å². The Balaban J connectivity index is 2.15. The molecule has 0 saturated heterocycles. The first-order valence-electron chi connectivity index (χ1n) is 5.92. The van der Waals surface area contributed by atoms with Crippen molar-refractivity contribution in [3.63, 3.8) is 0 Å². The van der Waals surface area contributed by atoms with Crippen molar-refractivity contribution in [2.75, 3.05) is 0 Å². The van der Waals surface area contributed by atoms with Gasteiger partial charge in [-0.2, -0.15) is 0 Å². The molecule has 0 aliphatic carbocycles. The molecule has 2 nitrogen and oxygen atoms in total. The molecular weight excluding hydrogens is 244 g/mol. The molecule has 1 aliphatic heterocycles. The molecule has 94 valence electrons. The lowest BCUT2D eigenvalue weighted by atomic mass is 10.1. The van der Waals surface area contributed by atoms with Gasteiger partial charge in [0, 0.05) is 22.1 Å². The Morgan fingerprint density at radius 1 is 0.833 bits per heavy atom. The predicted octanol–water partition coefficient (Wildman–Crippen LogP) is 4.03. The first kappa shape index (κ1) is 12.8. The number of nitrogens with one attached hydrogen (secondary N) is 2. The van der Waals surface area contributed by atoms with E-state index in [0.29, 0.717) is 0 Å². The largest absolute Gasteiger partial charge is 0.360 e. The Labute approximate surface area is 113 Å². The molecule has 1 heterocycles. The fraction of sp³-hybridized carbons (Fsp3) is 0.200. The second-order valence-electron chi connectivity index (χ2n) is 4.42. The molecule has 1 aliphatic rings. The van der Waals surface area contributed by atoms with E-state index in [1.165, 1.54) is 0 Å². The molecule has 0 fully saturated rings. The maximum Gasteiger partial charge on any atom is 0.0575 e. The average molecular weight is 261 g/mol. The first-order chi connectivity index (χ1) is 8.56. The lowest BCUT2D eigenvalue weighted by molar-refractivity contribution is 0.804. The Morgan fingerprint density at radius 3 is 2.11 bits per heavy atom. The summed E-state index contributed by atoms with van der Waals surface area (Å²) in [5, 5.41) is 7.49. The lowest BCUT2D eigenvalue weighted by Gasteiger charge is -2.22. The normalized spacial score (nSPS) is 16.0. The van der Waals surface area contributed by atoms with Crippen LogP contribution in [0.15, 0.2) is 53.1 Å². The maximum absolute atomic E-state index is 5.86. The molecule has 0 radical (unpaired) electrons.